The van der Waals surface area contributed by atoms with Gasteiger partial charge in [0.25, 0.3) is 0 Å². The van der Waals surface area contributed by atoms with E-state index in [0.717, 1.165) is 24.3 Å². The van der Waals surface area contributed by atoms with E-state index in [-0.39, 0.29) is 23.3 Å². The fraction of sp³-hybridized carbons (Fsp3) is 0.143. The fourth-order valence-corrected chi connectivity index (χ4v) is 3.20. The summed E-state index contributed by atoms with van der Waals surface area (Å²) < 4.78 is 85.9. The highest BCUT2D eigenvalue weighted by Crippen LogP contribution is 2.56. The average molecular weight is 444 g/mol. The van der Waals surface area contributed by atoms with Crippen LogP contribution in [-0.4, -0.2) is 34.5 Å². The van der Waals surface area contributed by atoms with E-state index in [1.54, 1.807) is 0 Å². The van der Waals surface area contributed by atoms with Gasteiger partial charge >= 0.3 is 24.3 Å². The molecule has 2 aromatic rings. The Labute approximate surface area is 171 Å². The molecule has 0 aliphatic rings. The zero-order valence-corrected chi connectivity index (χ0v) is 15.5. The van der Waals surface area contributed by atoms with Crippen LogP contribution in [-0.2, 0) is 5.41 Å². The minimum absolute atomic E-state index is 0.261. The first-order chi connectivity index (χ1) is 14.2. The topological polar surface area (TPSA) is 74.6 Å². The van der Waals surface area contributed by atoms with E-state index in [4.69, 9.17) is 0 Å². The number of alkyl halides is 6. The lowest BCUT2D eigenvalue weighted by molar-refractivity contribution is -0.288. The van der Waals surface area contributed by atoms with Gasteiger partial charge in [0.15, 0.2) is 0 Å². The summed E-state index contributed by atoms with van der Waals surface area (Å²) in [7, 11) is 0. The Morgan fingerprint density at radius 1 is 0.677 bits per heavy atom. The molecule has 0 amide bonds. The van der Waals surface area contributed by atoms with Crippen LogP contribution in [0.5, 0.6) is 0 Å². The predicted molar refractivity (Wildman–Crippen MR) is 99.9 cm³/mol. The summed E-state index contributed by atoms with van der Waals surface area (Å²) in [6.45, 7) is 6.54. The van der Waals surface area contributed by atoms with Gasteiger partial charge in [-0.25, -0.2) is 9.59 Å². The van der Waals surface area contributed by atoms with Crippen LogP contribution in [0.2, 0.25) is 0 Å². The van der Waals surface area contributed by atoms with Gasteiger partial charge in [0.2, 0.25) is 5.41 Å². The smallest absolute Gasteiger partial charge is 0.411 e. The van der Waals surface area contributed by atoms with Crippen LogP contribution >= 0.6 is 0 Å². The zero-order chi connectivity index (χ0) is 23.8. The van der Waals surface area contributed by atoms with Crippen LogP contribution in [0.3, 0.4) is 0 Å². The minimum atomic E-state index is -6.03. The van der Waals surface area contributed by atoms with E-state index in [0.29, 0.717) is 12.1 Å². The van der Waals surface area contributed by atoms with Crippen molar-refractivity contribution < 1.29 is 46.1 Å². The monoisotopic (exact) mass is 444 g/mol. The van der Waals surface area contributed by atoms with Gasteiger partial charge in [-0.3, -0.25) is 0 Å². The van der Waals surface area contributed by atoms with Crippen molar-refractivity contribution >= 4 is 24.1 Å². The second-order valence-electron chi connectivity index (χ2n) is 6.45. The molecule has 0 saturated carbocycles. The maximum atomic E-state index is 14.3. The Hall–Kier alpha value is -3.56. The third-order valence-electron chi connectivity index (χ3n) is 4.59. The maximum Gasteiger partial charge on any atom is 0.411 e. The molecule has 31 heavy (non-hydrogen) atoms. The molecule has 0 spiro atoms. The van der Waals surface area contributed by atoms with Crippen molar-refractivity contribution in [3.8, 4) is 0 Å². The summed E-state index contributed by atoms with van der Waals surface area (Å²) in [6.07, 6.45) is -10.3. The highest BCUT2D eigenvalue weighted by Gasteiger charge is 2.72. The molecule has 164 valence electrons. The number of aromatic carboxylic acids is 2. The summed E-state index contributed by atoms with van der Waals surface area (Å²) in [6, 6.07) is 3.27. The van der Waals surface area contributed by atoms with Crippen LogP contribution in [0.1, 0.15) is 43.0 Å². The maximum absolute atomic E-state index is 14.3. The molecule has 0 saturated heterocycles. The number of hydrogen-bond donors (Lipinski definition) is 2. The summed E-state index contributed by atoms with van der Waals surface area (Å²) in [4.78, 5) is 22.7. The molecule has 4 nitrogen and oxygen atoms in total. The van der Waals surface area contributed by atoms with E-state index in [1.165, 1.54) is 0 Å². The third kappa shape index (κ3) is 4.05. The van der Waals surface area contributed by atoms with Gasteiger partial charge in [-0.15, -0.1) is 0 Å². The summed E-state index contributed by atoms with van der Waals surface area (Å²) >= 11 is 0. The van der Waals surface area contributed by atoms with Gasteiger partial charge in [-0.2, -0.15) is 26.3 Å². The molecule has 0 unspecified atom stereocenters. The molecule has 0 radical (unpaired) electrons. The Bertz CT molecular complexity index is 981. The predicted octanol–water partition coefficient (Wildman–Crippen LogP) is 5.78. The average Bonchev–Trinajstić information content (AvgIpc) is 2.65. The van der Waals surface area contributed by atoms with Gasteiger partial charge in [-0.05, 0) is 46.5 Å². The number of carboxylic acids is 2. The zero-order valence-electron chi connectivity index (χ0n) is 15.5. The lowest BCUT2D eigenvalue weighted by Crippen LogP contribution is -2.55. The second kappa shape index (κ2) is 7.93. The minimum Gasteiger partial charge on any atom is -0.478 e. The van der Waals surface area contributed by atoms with Gasteiger partial charge in [-0.1, -0.05) is 37.4 Å². The first-order valence-electron chi connectivity index (χ1n) is 8.35. The van der Waals surface area contributed by atoms with E-state index >= 15 is 0 Å². The summed E-state index contributed by atoms with van der Waals surface area (Å²) in [5.41, 5.74) is -9.88. The molecule has 0 aliphatic heterocycles. The van der Waals surface area contributed by atoms with E-state index in [9.17, 15) is 46.1 Å². The number of hydrogen-bond acceptors (Lipinski definition) is 2. The van der Waals surface area contributed by atoms with E-state index in [1.807, 2.05) is 0 Å². The van der Waals surface area contributed by atoms with Gasteiger partial charge in [0, 0.05) is 0 Å². The highest BCUT2D eigenvalue weighted by molar-refractivity contribution is 5.90. The summed E-state index contributed by atoms with van der Waals surface area (Å²) in [5.74, 6) is -3.51. The standard InChI is InChI=1S/C21H14F6O4/c1-3-11-5-13(17(28)29)9-15(7-11)19(20(22,23)24,21(25,26)27)16-8-12(4-2)6-14(10-16)18(30)31/h3-10H,1-2H2,(H,28,29)(H,30,31). The first kappa shape index (κ1) is 23.7. The number of carbonyl (C=O) groups is 2. The van der Waals surface area contributed by atoms with Crippen LogP contribution in [0.15, 0.2) is 49.6 Å². The van der Waals surface area contributed by atoms with E-state index in [2.05, 4.69) is 13.2 Å². The molecule has 0 aromatic heterocycles. The van der Waals surface area contributed by atoms with Crippen LogP contribution in [0.25, 0.3) is 12.2 Å². The molecule has 0 heterocycles. The number of rotatable bonds is 6. The van der Waals surface area contributed by atoms with Gasteiger partial charge in [0.1, 0.15) is 0 Å². The van der Waals surface area contributed by atoms with E-state index < -0.39 is 52.0 Å². The molecule has 0 fully saturated rings. The largest absolute Gasteiger partial charge is 0.478 e. The Kier molecular flexibility index (Phi) is 6.07. The molecule has 2 rings (SSSR count). The molecular formula is C21H14F6O4. The lowest BCUT2D eigenvalue weighted by Gasteiger charge is -2.39. The molecule has 0 bridgehead atoms. The Morgan fingerprint density at radius 3 is 1.23 bits per heavy atom. The van der Waals surface area contributed by atoms with Crippen molar-refractivity contribution in [1.82, 2.24) is 0 Å². The van der Waals surface area contributed by atoms with Crippen molar-refractivity contribution in [3.63, 3.8) is 0 Å². The van der Waals surface area contributed by atoms with Crippen LogP contribution in [0, 0.1) is 0 Å². The number of benzene rings is 2. The number of halogens is 6. The highest BCUT2D eigenvalue weighted by atomic mass is 19.4. The van der Waals surface area contributed by atoms with Crippen molar-refractivity contribution in [2.24, 2.45) is 0 Å². The number of carboxylic acid groups (broad SMARTS) is 2. The Balaban J connectivity index is 3.15. The van der Waals surface area contributed by atoms with Crippen molar-refractivity contribution in [1.29, 1.82) is 0 Å². The van der Waals surface area contributed by atoms with Gasteiger partial charge < -0.3 is 10.2 Å². The van der Waals surface area contributed by atoms with Crippen LogP contribution < -0.4 is 0 Å². The first-order valence-corrected chi connectivity index (χ1v) is 8.35. The van der Waals surface area contributed by atoms with Crippen molar-refractivity contribution in [3.05, 3.63) is 82.9 Å². The second-order valence-corrected chi connectivity index (χ2v) is 6.45. The molecule has 0 atom stereocenters. The molecule has 2 N–H and O–H groups in total. The Morgan fingerprint density at radius 2 is 1.00 bits per heavy atom. The van der Waals surface area contributed by atoms with Gasteiger partial charge in [0.05, 0.1) is 11.1 Å². The molecule has 2 aromatic carbocycles. The summed E-state index contributed by atoms with van der Waals surface area (Å²) in [5, 5.41) is 18.4. The SMILES string of the molecule is C=Cc1cc(C(=O)O)cc(C(c2cc(C=C)cc(C(=O)O)c2)(C(F)(F)F)C(F)(F)F)c1. The fourth-order valence-electron chi connectivity index (χ4n) is 3.20. The quantitative estimate of drug-likeness (QED) is 0.554. The third-order valence-corrected chi connectivity index (χ3v) is 4.59. The lowest BCUT2D eigenvalue weighted by atomic mass is 9.71. The van der Waals surface area contributed by atoms with Crippen LogP contribution in [0.4, 0.5) is 26.3 Å². The normalized spacial score (nSPS) is 12.3. The molecule has 0 aliphatic carbocycles. The molecule has 10 heteroatoms. The van der Waals surface area contributed by atoms with Crippen molar-refractivity contribution in [2.45, 2.75) is 17.8 Å². The molecular weight excluding hydrogens is 430 g/mol. The van der Waals surface area contributed by atoms with Crippen molar-refractivity contribution in [2.75, 3.05) is 0 Å².